The summed E-state index contributed by atoms with van der Waals surface area (Å²) in [6, 6.07) is 14.8. The highest BCUT2D eigenvalue weighted by Crippen LogP contribution is 2.35. The molecular formula is C21H21N3O4. The Kier molecular flexibility index (Phi) is 5.04. The first-order valence-electron chi connectivity index (χ1n) is 9.17. The Morgan fingerprint density at radius 2 is 1.86 bits per heavy atom. The number of benzene rings is 2. The predicted molar refractivity (Wildman–Crippen MR) is 101 cm³/mol. The Morgan fingerprint density at radius 3 is 2.61 bits per heavy atom. The first kappa shape index (κ1) is 18.1. The molecule has 144 valence electrons. The molecule has 28 heavy (non-hydrogen) atoms. The van der Waals surface area contributed by atoms with Crippen LogP contribution in [-0.2, 0) is 0 Å². The smallest absolute Gasteiger partial charge is 0.257 e. The van der Waals surface area contributed by atoms with E-state index in [9.17, 15) is 10.1 Å². The summed E-state index contributed by atoms with van der Waals surface area (Å²) < 4.78 is 16.1. The lowest BCUT2D eigenvalue weighted by Crippen LogP contribution is -2.49. The van der Waals surface area contributed by atoms with E-state index < -0.39 is 6.04 Å². The molecule has 0 radical (unpaired) electrons. The van der Waals surface area contributed by atoms with Gasteiger partial charge in [-0.2, -0.15) is 5.26 Å². The number of carbonyl (C=O) groups excluding carboxylic acids is 1. The van der Waals surface area contributed by atoms with E-state index in [1.807, 2.05) is 35.2 Å². The molecule has 0 aromatic heterocycles. The van der Waals surface area contributed by atoms with Gasteiger partial charge in [0.15, 0.2) is 11.5 Å². The molecule has 0 saturated carbocycles. The van der Waals surface area contributed by atoms with Gasteiger partial charge in [0.1, 0.15) is 11.8 Å². The Hall–Kier alpha value is -3.24. The van der Waals surface area contributed by atoms with Gasteiger partial charge in [-0.3, -0.25) is 9.69 Å². The zero-order valence-corrected chi connectivity index (χ0v) is 15.6. The molecular weight excluding hydrogens is 358 g/mol. The van der Waals surface area contributed by atoms with E-state index in [2.05, 4.69) is 11.0 Å². The molecule has 1 atom stereocenters. The van der Waals surface area contributed by atoms with Crippen LogP contribution >= 0.6 is 0 Å². The van der Waals surface area contributed by atoms with Gasteiger partial charge in [0.2, 0.25) is 6.79 Å². The Bertz CT molecular complexity index is 916. The molecule has 0 N–H and O–H groups in total. The van der Waals surface area contributed by atoms with Gasteiger partial charge in [-0.1, -0.05) is 18.2 Å². The Balaban J connectivity index is 1.44. The van der Waals surface area contributed by atoms with Crippen LogP contribution in [0.5, 0.6) is 17.2 Å². The monoisotopic (exact) mass is 379 g/mol. The molecule has 4 rings (SSSR count). The fraction of sp³-hybridized carbons (Fsp3) is 0.333. The lowest BCUT2D eigenvalue weighted by Gasteiger charge is -2.37. The van der Waals surface area contributed by atoms with Gasteiger partial charge in [0, 0.05) is 26.2 Å². The number of piperazine rings is 1. The molecule has 2 heterocycles. The van der Waals surface area contributed by atoms with Crippen LogP contribution in [0.4, 0.5) is 0 Å². The molecule has 7 heteroatoms. The minimum absolute atomic E-state index is 0.0475. The van der Waals surface area contributed by atoms with Gasteiger partial charge >= 0.3 is 0 Å². The quantitative estimate of drug-likeness (QED) is 0.812. The van der Waals surface area contributed by atoms with Crippen molar-refractivity contribution in [2.45, 2.75) is 6.04 Å². The SMILES string of the molecule is COc1ccccc1C(=O)N1CCN(C(C#N)c2ccc3c(c2)OCO3)CC1. The maximum absolute atomic E-state index is 12.9. The third-order valence-corrected chi connectivity index (χ3v) is 5.14. The normalized spacial score (nSPS) is 17.1. The molecule has 1 saturated heterocycles. The van der Waals surface area contributed by atoms with E-state index in [1.54, 1.807) is 19.2 Å². The number of ether oxygens (including phenoxy) is 3. The molecule has 2 aliphatic rings. The van der Waals surface area contributed by atoms with E-state index in [0.717, 1.165) is 5.56 Å². The minimum atomic E-state index is -0.391. The summed E-state index contributed by atoms with van der Waals surface area (Å²) in [7, 11) is 1.56. The van der Waals surface area contributed by atoms with Crippen LogP contribution in [0.25, 0.3) is 0 Å². The highest BCUT2D eigenvalue weighted by Gasteiger charge is 2.29. The van der Waals surface area contributed by atoms with E-state index in [1.165, 1.54) is 0 Å². The van der Waals surface area contributed by atoms with Crippen molar-refractivity contribution < 1.29 is 19.0 Å². The number of para-hydroxylation sites is 1. The number of hydrogen-bond donors (Lipinski definition) is 0. The van der Waals surface area contributed by atoms with Crippen LogP contribution in [0.15, 0.2) is 42.5 Å². The zero-order chi connectivity index (χ0) is 19.5. The van der Waals surface area contributed by atoms with Crippen molar-refractivity contribution in [2.75, 3.05) is 40.1 Å². The second kappa shape index (κ2) is 7.79. The second-order valence-corrected chi connectivity index (χ2v) is 6.67. The van der Waals surface area contributed by atoms with E-state index in [-0.39, 0.29) is 12.7 Å². The van der Waals surface area contributed by atoms with Gasteiger partial charge in [0.25, 0.3) is 5.91 Å². The minimum Gasteiger partial charge on any atom is -0.496 e. The van der Waals surface area contributed by atoms with E-state index in [4.69, 9.17) is 14.2 Å². The Labute approximate surface area is 163 Å². The van der Waals surface area contributed by atoms with E-state index in [0.29, 0.717) is 49.0 Å². The maximum Gasteiger partial charge on any atom is 0.257 e. The first-order valence-corrected chi connectivity index (χ1v) is 9.17. The summed E-state index contributed by atoms with van der Waals surface area (Å²) in [6.07, 6.45) is 0. The van der Waals surface area contributed by atoms with Gasteiger partial charge in [-0.15, -0.1) is 0 Å². The molecule has 0 aliphatic carbocycles. The zero-order valence-electron chi connectivity index (χ0n) is 15.6. The largest absolute Gasteiger partial charge is 0.496 e. The standard InChI is InChI=1S/C21H21N3O4/c1-26-18-5-3-2-4-16(18)21(25)24-10-8-23(9-11-24)17(13-22)15-6-7-19-20(12-15)28-14-27-19/h2-7,12,17H,8-11,14H2,1H3. The molecule has 2 aliphatic heterocycles. The molecule has 7 nitrogen and oxygen atoms in total. The third-order valence-electron chi connectivity index (χ3n) is 5.14. The topological polar surface area (TPSA) is 75.0 Å². The van der Waals surface area contributed by atoms with Crippen LogP contribution in [0, 0.1) is 11.3 Å². The van der Waals surface area contributed by atoms with Crippen molar-refractivity contribution in [1.29, 1.82) is 5.26 Å². The van der Waals surface area contributed by atoms with Crippen LogP contribution in [0.3, 0.4) is 0 Å². The molecule has 1 fully saturated rings. The van der Waals surface area contributed by atoms with Crippen molar-refractivity contribution in [3.63, 3.8) is 0 Å². The van der Waals surface area contributed by atoms with Crippen molar-refractivity contribution in [3.8, 4) is 23.3 Å². The molecule has 2 aromatic carbocycles. The fourth-order valence-corrected chi connectivity index (χ4v) is 3.63. The predicted octanol–water partition coefficient (Wildman–Crippen LogP) is 2.45. The number of methoxy groups -OCH3 is 1. The van der Waals surface area contributed by atoms with Crippen LogP contribution in [-0.4, -0.2) is 55.8 Å². The number of carbonyl (C=O) groups is 1. The number of rotatable bonds is 4. The summed E-state index contributed by atoms with van der Waals surface area (Å²) in [5, 5.41) is 9.74. The van der Waals surface area contributed by atoms with Gasteiger partial charge < -0.3 is 19.1 Å². The number of fused-ring (bicyclic) bond motifs is 1. The average molecular weight is 379 g/mol. The summed E-state index contributed by atoms with van der Waals surface area (Å²) >= 11 is 0. The molecule has 2 aromatic rings. The summed E-state index contributed by atoms with van der Waals surface area (Å²) in [4.78, 5) is 16.8. The molecule has 1 unspecified atom stereocenters. The lowest BCUT2D eigenvalue weighted by molar-refractivity contribution is 0.0603. The number of nitrogens with zero attached hydrogens (tertiary/aromatic N) is 3. The average Bonchev–Trinajstić information content (AvgIpc) is 3.22. The van der Waals surface area contributed by atoms with Gasteiger partial charge in [-0.05, 0) is 29.8 Å². The summed E-state index contributed by atoms with van der Waals surface area (Å²) in [6.45, 7) is 2.56. The molecule has 1 amide bonds. The van der Waals surface area contributed by atoms with Crippen LogP contribution in [0.1, 0.15) is 22.0 Å². The van der Waals surface area contributed by atoms with Crippen LogP contribution in [0.2, 0.25) is 0 Å². The fourth-order valence-electron chi connectivity index (χ4n) is 3.63. The Morgan fingerprint density at radius 1 is 1.11 bits per heavy atom. The first-order chi connectivity index (χ1) is 13.7. The van der Waals surface area contributed by atoms with Gasteiger partial charge in [-0.25, -0.2) is 0 Å². The molecule has 0 spiro atoms. The van der Waals surface area contributed by atoms with Crippen molar-refractivity contribution >= 4 is 5.91 Å². The van der Waals surface area contributed by atoms with Crippen molar-refractivity contribution in [3.05, 3.63) is 53.6 Å². The molecule has 0 bridgehead atoms. The summed E-state index contributed by atoms with van der Waals surface area (Å²) in [5.74, 6) is 1.90. The lowest BCUT2D eigenvalue weighted by atomic mass is 10.0. The highest BCUT2D eigenvalue weighted by molar-refractivity contribution is 5.97. The van der Waals surface area contributed by atoms with Crippen molar-refractivity contribution in [2.24, 2.45) is 0 Å². The van der Waals surface area contributed by atoms with Crippen LogP contribution < -0.4 is 14.2 Å². The third kappa shape index (κ3) is 3.35. The van der Waals surface area contributed by atoms with Gasteiger partial charge in [0.05, 0.1) is 18.7 Å². The number of nitriles is 1. The number of hydrogen-bond acceptors (Lipinski definition) is 6. The van der Waals surface area contributed by atoms with E-state index >= 15 is 0 Å². The summed E-state index contributed by atoms with van der Waals surface area (Å²) in [5.41, 5.74) is 1.43. The van der Waals surface area contributed by atoms with Crippen molar-refractivity contribution in [1.82, 2.24) is 9.80 Å². The number of amides is 1. The maximum atomic E-state index is 12.9. The second-order valence-electron chi connectivity index (χ2n) is 6.67. The highest BCUT2D eigenvalue weighted by atomic mass is 16.7.